The summed E-state index contributed by atoms with van der Waals surface area (Å²) in [6.07, 6.45) is 5.07. The fraction of sp³-hybridized carbons (Fsp3) is 0.950. The quantitative estimate of drug-likeness (QED) is 0.211. The largest absolute Gasteiger partial charge is 0.379 e. The van der Waals surface area contributed by atoms with Crippen molar-refractivity contribution in [3.05, 3.63) is 0 Å². The van der Waals surface area contributed by atoms with Crippen LogP contribution in [0.1, 0.15) is 46.5 Å². The molecular weight excluding hydrogens is 453 g/mol. The van der Waals surface area contributed by atoms with E-state index in [4.69, 9.17) is 9.73 Å². The van der Waals surface area contributed by atoms with E-state index in [0.717, 1.165) is 70.8 Å². The number of nitrogens with zero attached hydrogens (tertiary/aromatic N) is 3. The van der Waals surface area contributed by atoms with E-state index in [1.807, 2.05) is 0 Å². The summed E-state index contributed by atoms with van der Waals surface area (Å²) < 4.78 is 5.41. The second-order valence-corrected chi connectivity index (χ2v) is 7.98. The highest BCUT2D eigenvalue weighted by Gasteiger charge is 2.22. The van der Waals surface area contributed by atoms with Gasteiger partial charge in [-0.15, -0.1) is 24.0 Å². The van der Waals surface area contributed by atoms with E-state index >= 15 is 0 Å². The van der Waals surface area contributed by atoms with E-state index in [2.05, 4.69) is 41.2 Å². The summed E-state index contributed by atoms with van der Waals surface area (Å²) in [5, 5.41) is 6.93. The van der Waals surface area contributed by atoms with Crippen molar-refractivity contribution >= 4 is 29.9 Å². The molecule has 160 valence electrons. The Hall–Kier alpha value is -0.120. The maximum absolute atomic E-state index is 5.41. The smallest absolute Gasteiger partial charge is 0.191 e. The van der Waals surface area contributed by atoms with Crippen LogP contribution in [0.3, 0.4) is 0 Å². The Bertz CT molecular complexity index is 396. The van der Waals surface area contributed by atoms with Gasteiger partial charge in [0.2, 0.25) is 0 Å². The van der Waals surface area contributed by atoms with E-state index in [-0.39, 0.29) is 24.0 Å². The van der Waals surface area contributed by atoms with Crippen molar-refractivity contribution in [2.75, 3.05) is 65.6 Å². The SMILES string of the molecule is CCNC(=NCC(CC(C)C)N1CCCC1)NCCCN1CCOCC1.I. The molecule has 0 spiro atoms. The molecule has 0 bridgehead atoms. The molecule has 2 N–H and O–H groups in total. The molecule has 0 radical (unpaired) electrons. The summed E-state index contributed by atoms with van der Waals surface area (Å²) in [7, 11) is 0. The van der Waals surface area contributed by atoms with Gasteiger partial charge in [-0.2, -0.15) is 0 Å². The third-order valence-electron chi connectivity index (χ3n) is 5.25. The monoisotopic (exact) mass is 495 g/mol. The highest BCUT2D eigenvalue weighted by Crippen LogP contribution is 2.18. The van der Waals surface area contributed by atoms with E-state index in [0.29, 0.717) is 6.04 Å². The number of guanidine groups is 1. The number of morpholine rings is 1. The summed E-state index contributed by atoms with van der Waals surface area (Å²) in [6, 6.07) is 0.585. The van der Waals surface area contributed by atoms with Crippen LogP contribution in [-0.2, 0) is 4.74 Å². The van der Waals surface area contributed by atoms with Gasteiger partial charge in [0.25, 0.3) is 0 Å². The van der Waals surface area contributed by atoms with Gasteiger partial charge in [0, 0.05) is 32.2 Å². The van der Waals surface area contributed by atoms with Crippen molar-refractivity contribution < 1.29 is 4.74 Å². The van der Waals surface area contributed by atoms with Crippen molar-refractivity contribution in [3.8, 4) is 0 Å². The molecule has 6 nitrogen and oxygen atoms in total. The lowest BCUT2D eigenvalue weighted by atomic mass is 10.0. The molecule has 27 heavy (non-hydrogen) atoms. The zero-order valence-corrected chi connectivity index (χ0v) is 20.0. The normalized spacial score (nSPS) is 20.5. The Morgan fingerprint density at radius 1 is 1.07 bits per heavy atom. The first kappa shape index (κ1) is 24.9. The molecule has 1 atom stereocenters. The Morgan fingerprint density at radius 3 is 2.41 bits per heavy atom. The van der Waals surface area contributed by atoms with Crippen LogP contribution in [0.4, 0.5) is 0 Å². The van der Waals surface area contributed by atoms with Gasteiger partial charge in [-0.25, -0.2) is 0 Å². The van der Waals surface area contributed by atoms with Gasteiger partial charge < -0.3 is 15.4 Å². The molecule has 0 aliphatic carbocycles. The third-order valence-corrected chi connectivity index (χ3v) is 5.25. The number of hydrogen-bond acceptors (Lipinski definition) is 4. The average Bonchev–Trinajstić information content (AvgIpc) is 3.17. The third kappa shape index (κ3) is 10.3. The predicted molar refractivity (Wildman–Crippen MR) is 125 cm³/mol. The highest BCUT2D eigenvalue weighted by molar-refractivity contribution is 14.0. The summed E-state index contributed by atoms with van der Waals surface area (Å²) in [5.41, 5.74) is 0. The highest BCUT2D eigenvalue weighted by atomic mass is 127. The van der Waals surface area contributed by atoms with Crippen LogP contribution in [0.2, 0.25) is 0 Å². The van der Waals surface area contributed by atoms with Crippen LogP contribution < -0.4 is 10.6 Å². The minimum atomic E-state index is 0. The van der Waals surface area contributed by atoms with Gasteiger partial charge in [0.1, 0.15) is 0 Å². The zero-order valence-electron chi connectivity index (χ0n) is 17.7. The zero-order chi connectivity index (χ0) is 18.6. The molecule has 7 heteroatoms. The molecule has 2 aliphatic heterocycles. The van der Waals surface area contributed by atoms with Crippen LogP contribution in [0.25, 0.3) is 0 Å². The van der Waals surface area contributed by atoms with Gasteiger partial charge in [0.15, 0.2) is 5.96 Å². The molecule has 2 fully saturated rings. The maximum atomic E-state index is 5.41. The molecule has 0 aromatic heterocycles. The molecule has 2 heterocycles. The first-order valence-electron chi connectivity index (χ1n) is 10.8. The van der Waals surface area contributed by atoms with Crippen molar-refractivity contribution in [2.45, 2.75) is 52.5 Å². The molecule has 2 saturated heterocycles. The van der Waals surface area contributed by atoms with Crippen LogP contribution in [-0.4, -0.2) is 87.4 Å². The van der Waals surface area contributed by atoms with Crippen LogP contribution in [0.5, 0.6) is 0 Å². The first-order valence-corrected chi connectivity index (χ1v) is 10.8. The van der Waals surface area contributed by atoms with E-state index < -0.39 is 0 Å². The summed E-state index contributed by atoms with van der Waals surface area (Å²) in [5.74, 6) is 1.70. The van der Waals surface area contributed by atoms with Crippen molar-refractivity contribution in [3.63, 3.8) is 0 Å². The number of likely N-dealkylation sites (tertiary alicyclic amines) is 1. The van der Waals surface area contributed by atoms with Crippen LogP contribution in [0, 0.1) is 5.92 Å². The lowest BCUT2D eigenvalue weighted by molar-refractivity contribution is 0.0376. The first-order chi connectivity index (χ1) is 12.7. The van der Waals surface area contributed by atoms with Gasteiger partial charge in [-0.05, 0) is 58.2 Å². The second kappa shape index (κ2) is 14.8. The van der Waals surface area contributed by atoms with E-state index in [1.54, 1.807) is 0 Å². The average molecular weight is 495 g/mol. The number of ether oxygens (including phenoxy) is 1. The summed E-state index contributed by atoms with van der Waals surface area (Å²) in [4.78, 5) is 10.0. The molecule has 0 amide bonds. The number of rotatable bonds is 10. The molecule has 2 rings (SSSR count). The molecule has 0 aromatic carbocycles. The van der Waals surface area contributed by atoms with Crippen molar-refractivity contribution in [1.29, 1.82) is 0 Å². The minimum Gasteiger partial charge on any atom is -0.379 e. The van der Waals surface area contributed by atoms with Crippen molar-refractivity contribution in [2.24, 2.45) is 10.9 Å². The standard InChI is InChI=1S/C20H41N5O.HI/c1-4-21-20(22-8-7-9-24-12-14-26-15-13-24)23-17-19(16-18(2)3)25-10-5-6-11-25;/h18-19H,4-17H2,1-3H3,(H2,21,22,23);1H. The maximum Gasteiger partial charge on any atom is 0.191 e. The van der Waals surface area contributed by atoms with Gasteiger partial charge in [0.05, 0.1) is 19.8 Å². The van der Waals surface area contributed by atoms with Gasteiger partial charge in [-0.3, -0.25) is 14.8 Å². The minimum absolute atomic E-state index is 0. The number of nitrogens with one attached hydrogen (secondary N) is 2. The number of aliphatic imine (C=N–C) groups is 1. The van der Waals surface area contributed by atoms with Gasteiger partial charge in [-0.1, -0.05) is 13.8 Å². The number of hydrogen-bond donors (Lipinski definition) is 2. The fourth-order valence-corrected chi connectivity index (χ4v) is 3.86. The Kier molecular flexibility index (Phi) is 13.7. The summed E-state index contributed by atoms with van der Waals surface area (Å²) >= 11 is 0. The molecule has 0 saturated carbocycles. The molecular formula is C20H42IN5O. The molecule has 0 aromatic rings. The Morgan fingerprint density at radius 2 is 1.78 bits per heavy atom. The lowest BCUT2D eigenvalue weighted by Gasteiger charge is -2.28. The Labute approximate surface area is 183 Å². The van der Waals surface area contributed by atoms with E-state index in [9.17, 15) is 0 Å². The summed E-state index contributed by atoms with van der Waals surface area (Å²) in [6.45, 7) is 17.1. The van der Waals surface area contributed by atoms with E-state index in [1.165, 1.54) is 32.4 Å². The lowest BCUT2D eigenvalue weighted by Crippen LogP contribution is -2.42. The van der Waals surface area contributed by atoms with Crippen molar-refractivity contribution in [1.82, 2.24) is 20.4 Å². The van der Waals surface area contributed by atoms with Crippen LogP contribution >= 0.6 is 24.0 Å². The molecule has 2 aliphatic rings. The van der Waals surface area contributed by atoms with Gasteiger partial charge >= 0.3 is 0 Å². The second-order valence-electron chi connectivity index (χ2n) is 7.98. The number of halogens is 1. The topological polar surface area (TPSA) is 52.1 Å². The van der Waals surface area contributed by atoms with Crippen LogP contribution in [0.15, 0.2) is 4.99 Å². The Balaban J connectivity index is 0.00000364. The predicted octanol–water partition coefficient (Wildman–Crippen LogP) is 2.39. The molecule has 1 unspecified atom stereocenters. The fourth-order valence-electron chi connectivity index (χ4n) is 3.86.